The lowest BCUT2D eigenvalue weighted by Crippen LogP contribution is -2.49. The minimum Gasteiger partial charge on any atom is -0.461 e. The molecular formula is C24H25BrClF3O5S. The number of ether oxygens (including phenoxy) is 1. The van der Waals surface area contributed by atoms with E-state index in [2.05, 4.69) is 15.9 Å². The Labute approximate surface area is 216 Å². The molecule has 1 aliphatic carbocycles. The van der Waals surface area contributed by atoms with Crippen molar-refractivity contribution >= 4 is 43.6 Å². The Morgan fingerprint density at radius 3 is 2.29 bits per heavy atom. The zero-order valence-corrected chi connectivity index (χ0v) is 22.6. The molecule has 1 saturated carbocycles. The quantitative estimate of drug-likeness (QED) is 0.206. The van der Waals surface area contributed by atoms with Crippen LogP contribution in [0.5, 0.6) is 0 Å². The highest BCUT2D eigenvalue weighted by Crippen LogP contribution is 2.65. The van der Waals surface area contributed by atoms with E-state index in [1.807, 2.05) is 49.4 Å². The molecule has 0 N–H and O–H groups in total. The minimum absolute atomic E-state index is 0.0954. The monoisotopic (exact) mass is 596 g/mol. The number of alkyl halides is 5. The molecule has 0 aromatic heterocycles. The number of esters is 1. The van der Waals surface area contributed by atoms with Crippen molar-refractivity contribution < 1.29 is 35.3 Å². The first-order valence-electron chi connectivity index (χ1n) is 10.6. The number of hydrogen-bond acceptors (Lipinski definition) is 5. The van der Waals surface area contributed by atoms with Gasteiger partial charge in [0.2, 0.25) is 3.78 Å². The van der Waals surface area contributed by atoms with E-state index in [0.29, 0.717) is 6.26 Å². The lowest BCUT2D eigenvalue weighted by molar-refractivity contribution is -0.159. The molecule has 0 spiro atoms. The van der Waals surface area contributed by atoms with Crippen molar-refractivity contribution in [1.29, 1.82) is 0 Å². The second-order valence-electron chi connectivity index (χ2n) is 9.23. The van der Waals surface area contributed by atoms with Crippen LogP contribution in [-0.4, -0.2) is 36.7 Å². The van der Waals surface area contributed by atoms with Crippen molar-refractivity contribution in [2.75, 3.05) is 6.26 Å². The normalized spacial score (nSPS) is 22.2. The topological polar surface area (TPSA) is 69.7 Å². The van der Waals surface area contributed by atoms with Crippen LogP contribution >= 0.6 is 27.5 Å². The van der Waals surface area contributed by atoms with Gasteiger partial charge in [-0.05, 0) is 34.6 Å². The summed E-state index contributed by atoms with van der Waals surface area (Å²) in [6, 6.07) is 15.2. The van der Waals surface area contributed by atoms with E-state index in [4.69, 9.17) is 20.5 Å². The Morgan fingerprint density at radius 1 is 1.14 bits per heavy atom. The highest BCUT2D eigenvalue weighted by Gasteiger charge is 2.73. The average molecular weight is 598 g/mol. The summed E-state index contributed by atoms with van der Waals surface area (Å²) in [4.78, 5) is 13.0. The highest BCUT2D eigenvalue weighted by molar-refractivity contribution is 9.10. The number of halogens is 5. The third-order valence-corrected chi connectivity index (χ3v) is 8.29. The van der Waals surface area contributed by atoms with Gasteiger partial charge in [0, 0.05) is 5.92 Å². The first-order valence-corrected chi connectivity index (χ1v) is 13.6. The predicted octanol–water partition coefficient (Wildman–Crippen LogP) is 6.21. The molecule has 1 fully saturated rings. The third-order valence-electron chi connectivity index (χ3n) is 6.41. The lowest BCUT2D eigenvalue weighted by Gasteiger charge is -2.32. The molecule has 0 aliphatic heterocycles. The van der Waals surface area contributed by atoms with E-state index in [9.17, 15) is 26.4 Å². The van der Waals surface area contributed by atoms with Gasteiger partial charge in [0.05, 0.1) is 12.2 Å². The fourth-order valence-electron chi connectivity index (χ4n) is 4.40. The summed E-state index contributed by atoms with van der Waals surface area (Å²) in [5.74, 6) is -2.97. The van der Waals surface area contributed by atoms with Crippen LogP contribution in [0.15, 0.2) is 48.5 Å². The molecule has 11 heteroatoms. The SMILES string of the molecule is Cc1c(COC(=O)[C@@H]2[C@H](C(OS(C)(=O)=O)C(Cl)(Br)C(F)(F)F)C2(C)C)cccc1-c1ccccc1. The fraction of sp³-hybridized carbons (Fsp3) is 0.458. The van der Waals surface area contributed by atoms with Crippen molar-refractivity contribution in [3.8, 4) is 11.1 Å². The molecule has 0 bridgehead atoms. The van der Waals surface area contributed by atoms with Crippen molar-refractivity contribution in [3.05, 3.63) is 59.7 Å². The maximum atomic E-state index is 13.6. The summed E-state index contributed by atoms with van der Waals surface area (Å²) in [6.45, 7) is 4.88. The molecule has 5 nitrogen and oxygen atoms in total. The van der Waals surface area contributed by atoms with E-state index < -0.39 is 49.4 Å². The van der Waals surface area contributed by atoms with Gasteiger partial charge in [-0.3, -0.25) is 8.98 Å². The van der Waals surface area contributed by atoms with Crippen LogP contribution in [0.2, 0.25) is 0 Å². The van der Waals surface area contributed by atoms with Gasteiger partial charge in [0.1, 0.15) is 12.7 Å². The van der Waals surface area contributed by atoms with E-state index in [0.717, 1.165) is 22.3 Å². The molecule has 2 unspecified atom stereocenters. The van der Waals surface area contributed by atoms with E-state index in [1.54, 1.807) is 19.9 Å². The smallest absolute Gasteiger partial charge is 0.420 e. The predicted molar refractivity (Wildman–Crippen MR) is 130 cm³/mol. The lowest BCUT2D eigenvalue weighted by atomic mass is 9.97. The van der Waals surface area contributed by atoms with Crippen LogP contribution in [-0.2, 0) is 30.4 Å². The van der Waals surface area contributed by atoms with Crippen molar-refractivity contribution in [3.63, 3.8) is 0 Å². The van der Waals surface area contributed by atoms with Gasteiger partial charge < -0.3 is 4.74 Å². The summed E-state index contributed by atoms with van der Waals surface area (Å²) in [5, 5.41) is 0. The zero-order valence-electron chi connectivity index (χ0n) is 19.4. The van der Waals surface area contributed by atoms with Gasteiger partial charge in [-0.15, -0.1) is 0 Å². The molecular weight excluding hydrogens is 573 g/mol. The zero-order chi connectivity index (χ0) is 26.4. The minimum atomic E-state index is -5.06. The summed E-state index contributed by atoms with van der Waals surface area (Å²) < 4.78 is 71.5. The number of benzene rings is 2. The second kappa shape index (κ2) is 9.68. The largest absolute Gasteiger partial charge is 0.461 e. The highest BCUT2D eigenvalue weighted by atomic mass is 79.9. The molecule has 4 atom stereocenters. The Bertz CT molecular complexity index is 1200. The summed E-state index contributed by atoms with van der Waals surface area (Å²) in [6.07, 6.45) is -6.53. The molecule has 192 valence electrons. The van der Waals surface area contributed by atoms with Crippen LogP contribution in [0.25, 0.3) is 11.1 Å². The standard InChI is InChI=1S/C24H25BrClF3O5S/c1-14-16(11-8-12-17(14)15-9-6-5-7-10-15)13-33-21(30)19-18(22(19,2)3)20(34-35(4,31)32)23(25,26)24(27,28)29/h5-12,18-20H,13H2,1-4H3/t18-,19+,20?,23?/m1/s1. The molecule has 0 radical (unpaired) electrons. The summed E-state index contributed by atoms with van der Waals surface area (Å²) in [7, 11) is -4.33. The Balaban J connectivity index is 1.81. The van der Waals surface area contributed by atoms with Crippen LogP contribution in [0.3, 0.4) is 0 Å². The molecule has 0 saturated heterocycles. The van der Waals surface area contributed by atoms with E-state index in [-0.39, 0.29) is 6.61 Å². The molecule has 0 amide bonds. The van der Waals surface area contributed by atoms with Crippen LogP contribution in [0.4, 0.5) is 13.2 Å². The number of hydrogen-bond donors (Lipinski definition) is 0. The van der Waals surface area contributed by atoms with Gasteiger partial charge in [0.25, 0.3) is 10.1 Å². The summed E-state index contributed by atoms with van der Waals surface area (Å²) >= 11 is 8.14. The Kier molecular flexibility index (Phi) is 7.74. The van der Waals surface area contributed by atoms with Gasteiger partial charge in [-0.25, -0.2) is 0 Å². The molecule has 2 aromatic rings. The van der Waals surface area contributed by atoms with Gasteiger partial charge in [-0.2, -0.15) is 21.6 Å². The van der Waals surface area contributed by atoms with Crippen LogP contribution in [0.1, 0.15) is 25.0 Å². The van der Waals surface area contributed by atoms with Gasteiger partial charge in [0.15, 0.2) is 0 Å². The second-order valence-corrected chi connectivity index (χ2v) is 13.1. The molecule has 0 heterocycles. The van der Waals surface area contributed by atoms with Gasteiger partial charge >= 0.3 is 12.1 Å². The number of carbonyl (C=O) groups is 1. The van der Waals surface area contributed by atoms with Crippen LogP contribution < -0.4 is 0 Å². The fourth-order valence-corrected chi connectivity index (χ4v) is 5.77. The third kappa shape index (κ3) is 5.87. The average Bonchev–Trinajstić information content (AvgIpc) is 3.31. The number of carbonyl (C=O) groups excluding carboxylic acids is 1. The van der Waals surface area contributed by atoms with Crippen molar-refractivity contribution in [1.82, 2.24) is 0 Å². The maximum absolute atomic E-state index is 13.6. The maximum Gasteiger partial charge on any atom is 0.420 e. The van der Waals surface area contributed by atoms with Crippen molar-refractivity contribution in [2.45, 2.75) is 43.4 Å². The van der Waals surface area contributed by atoms with Crippen LogP contribution in [0, 0.1) is 24.2 Å². The van der Waals surface area contributed by atoms with Gasteiger partial charge in [-0.1, -0.05) is 89.9 Å². The van der Waals surface area contributed by atoms with E-state index >= 15 is 0 Å². The van der Waals surface area contributed by atoms with Crippen molar-refractivity contribution in [2.24, 2.45) is 17.3 Å². The number of rotatable bonds is 8. The first kappa shape index (κ1) is 28.0. The molecule has 1 aliphatic rings. The first-order chi connectivity index (χ1) is 16.0. The Hall–Kier alpha value is -1.62. The molecule has 2 aromatic carbocycles. The summed E-state index contributed by atoms with van der Waals surface area (Å²) in [5.41, 5.74) is 2.54. The molecule has 3 rings (SSSR count). The Morgan fingerprint density at radius 2 is 1.74 bits per heavy atom. The molecule has 35 heavy (non-hydrogen) atoms. The van der Waals surface area contributed by atoms with E-state index in [1.165, 1.54) is 0 Å².